The van der Waals surface area contributed by atoms with Crippen LogP contribution in [0.15, 0.2) is 89.1 Å². The Morgan fingerprint density at radius 1 is 1.12 bits per heavy atom. The summed E-state index contributed by atoms with van der Waals surface area (Å²) in [6.07, 6.45) is 14.2. The van der Waals surface area contributed by atoms with E-state index >= 15 is 0 Å². The van der Waals surface area contributed by atoms with Gasteiger partial charge in [-0.3, -0.25) is 4.79 Å². The van der Waals surface area contributed by atoms with Gasteiger partial charge in [0.25, 0.3) is 5.91 Å². The van der Waals surface area contributed by atoms with E-state index < -0.39 is 0 Å². The van der Waals surface area contributed by atoms with Gasteiger partial charge in [-0.2, -0.15) is 0 Å². The van der Waals surface area contributed by atoms with Crippen LogP contribution in [0.25, 0.3) is 5.57 Å². The van der Waals surface area contributed by atoms with Gasteiger partial charge in [-0.25, -0.2) is 4.98 Å². The van der Waals surface area contributed by atoms with Crippen molar-refractivity contribution in [1.29, 1.82) is 0 Å². The number of amides is 1. The predicted molar refractivity (Wildman–Crippen MR) is 133 cm³/mol. The number of carbonyl (C=O) groups is 1. The van der Waals surface area contributed by atoms with Gasteiger partial charge in [0.05, 0.1) is 0 Å². The molecule has 3 heterocycles. The Labute approximate surface area is 198 Å². The predicted octanol–water partition coefficient (Wildman–Crippen LogP) is 6.59. The van der Waals surface area contributed by atoms with E-state index in [1.165, 1.54) is 16.8 Å². The number of pyridine rings is 1. The highest BCUT2D eigenvalue weighted by Gasteiger charge is 2.22. The summed E-state index contributed by atoms with van der Waals surface area (Å²) in [7, 11) is 0. The Kier molecular flexibility index (Phi) is 6.75. The molecule has 0 saturated heterocycles. The molecule has 0 radical (unpaired) electrons. The maximum Gasteiger partial charge on any atom is 0.274 e. The van der Waals surface area contributed by atoms with Crippen molar-refractivity contribution in [2.24, 2.45) is 11.8 Å². The van der Waals surface area contributed by atoms with Gasteiger partial charge in [0.2, 0.25) is 0 Å². The van der Waals surface area contributed by atoms with E-state index in [4.69, 9.17) is 0 Å². The molecular weight excluding hydrogens is 462 g/mol. The number of aromatic nitrogens is 1. The first kappa shape index (κ1) is 22.3. The van der Waals surface area contributed by atoms with E-state index in [-0.39, 0.29) is 5.91 Å². The molecule has 0 bridgehead atoms. The van der Waals surface area contributed by atoms with E-state index in [1.54, 1.807) is 6.20 Å². The van der Waals surface area contributed by atoms with Gasteiger partial charge in [0.15, 0.2) is 0 Å². The van der Waals surface area contributed by atoms with Gasteiger partial charge in [0, 0.05) is 34.5 Å². The lowest BCUT2D eigenvalue weighted by molar-refractivity contribution is 0.0961. The molecule has 2 atom stereocenters. The van der Waals surface area contributed by atoms with Crippen molar-refractivity contribution < 1.29 is 4.79 Å². The van der Waals surface area contributed by atoms with E-state index in [0.717, 1.165) is 28.6 Å². The summed E-state index contributed by atoms with van der Waals surface area (Å²) in [6.45, 7) is 6.41. The molecule has 5 heteroatoms. The summed E-state index contributed by atoms with van der Waals surface area (Å²) in [5.41, 5.74) is 5.93. The fourth-order valence-corrected chi connectivity index (χ4v) is 4.62. The summed E-state index contributed by atoms with van der Waals surface area (Å²) in [4.78, 5) is 19.4. The number of carbonyl (C=O) groups excluding carboxylic acids is 1. The van der Waals surface area contributed by atoms with Crippen LogP contribution in [0.3, 0.4) is 0 Å². The van der Waals surface area contributed by atoms with Crippen molar-refractivity contribution >= 4 is 27.4 Å². The van der Waals surface area contributed by atoms with Crippen LogP contribution in [0, 0.1) is 18.8 Å². The van der Waals surface area contributed by atoms with Gasteiger partial charge in [-0.1, -0.05) is 56.3 Å². The van der Waals surface area contributed by atoms with Crippen LogP contribution < -0.4 is 5.32 Å². The first-order valence-electron chi connectivity index (χ1n) is 11.0. The van der Waals surface area contributed by atoms with Crippen molar-refractivity contribution in [3.63, 3.8) is 0 Å². The number of nitrogens with zero attached hydrogens (tertiary/aromatic N) is 2. The van der Waals surface area contributed by atoms with Gasteiger partial charge in [0.1, 0.15) is 5.69 Å². The number of benzene rings is 1. The molecule has 1 aromatic heterocycles. The highest BCUT2D eigenvalue weighted by molar-refractivity contribution is 9.10. The van der Waals surface area contributed by atoms with Gasteiger partial charge < -0.3 is 10.2 Å². The highest BCUT2D eigenvalue weighted by Crippen LogP contribution is 2.34. The molecule has 2 aliphatic heterocycles. The van der Waals surface area contributed by atoms with Crippen LogP contribution in [0.1, 0.15) is 48.3 Å². The number of halogens is 1. The SMILES string of the molecule is Cc1cc(Br)cnc1C(=O)NC1=CCC(C)C2=CCC(C)C(c3ccccc3)=CN2C=C1. The highest BCUT2D eigenvalue weighted by atomic mass is 79.9. The number of rotatable bonds is 3. The van der Waals surface area contributed by atoms with Crippen molar-refractivity contribution in [2.45, 2.75) is 33.6 Å². The normalized spacial score (nSPS) is 20.8. The molecule has 2 unspecified atom stereocenters. The van der Waals surface area contributed by atoms with Crippen LogP contribution >= 0.6 is 15.9 Å². The molecule has 4 rings (SSSR count). The number of hydrogen-bond acceptors (Lipinski definition) is 3. The fourth-order valence-electron chi connectivity index (χ4n) is 4.17. The standard InChI is InChI=1S/C27H28BrN3O/c1-18-10-12-25-19(2)9-11-23(30-27(32)26-20(3)15-22(28)16-29-26)13-14-31(25)17-24(18)21-7-5-4-6-8-21/h4-8,11-19H,9-10H2,1-3H3,(H,30,32). The molecule has 1 aromatic carbocycles. The second-order valence-electron chi connectivity index (χ2n) is 8.51. The molecule has 0 fully saturated rings. The average Bonchev–Trinajstić information content (AvgIpc) is 2.93. The van der Waals surface area contributed by atoms with E-state index in [9.17, 15) is 4.79 Å². The third-order valence-electron chi connectivity index (χ3n) is 6.02. The quantitative estimate of drug-likeness (QED) is 0.528. The number of allylic oxidation sites excluding steroid dienone is 5. The monoisotopic (exact) mass is 489 g/mol. The zero-order valence-corrected chi connectivity index (χ0v) is 20.3. The van der Waals surface area contributed by atoms with E-state index in [1.807, 2.05) is 19.1 Å². The topological polar surface area (TPSA) is 45.2 Å². The molecular formula is C27H28BrN3O. The van der Waals surface area contributed by atoms with Crippen LogP contribution in [-0.4, -0.2) is 15.8 Å². The third kappa shape index (κ3) is 4.94. The Morgan fingerprint density at radius 2 is 1.88 bits per heavy atom. The van der Waals surface area contributed by atoms with Crippen molar-refractivity contribution in [2.75, 3.05) is 0 Å². The molecule has 2 aliphatic rings. The minimum Gasteiger partial charge on any atom is -0.327 e. The maximum atomic E-state index is 12.8. The van der Waals surface area contributed by atoms with Gasteiger partial charge in [-0.05, 0) is 76.4 Å². The lowest BCUT2D eigenvalue weighted by atomic mass is 9.92. The number of hydrogen-bond donors (Lipinski definition) is 1. The summed E-state index contributed by atoms with van der Waals surface area (Å²) < 4.78 is 0.862. The van der Waals surface area contributed by atoms with Gasteiger partial charge >= 0.3 is 0 Å². The Hall–Kier alpha value is -2.92. The molecule has 0 saturated carbocycles. The Morgan fingerprint density at radius 3 is 2.62 bits per heavy atom. The minimum absolute atomic E-state index is 0.195. The molecule has 164 valence electrons. The smallest absolute Gasteiger partial charge is 0.274 e. The molecule has 1 amide bonds. The van der Waals surface area contributed by atoms with Crippen LogP contribution in [0.4, 0.5) is 0 Å². The first-order valence-corrected chi connectivity index (χ1v) is 11.8. The summed E-state index contributed by atoms with van der Waals surface area (Å²) >= 11 is 3.40. The fraction of sp³-hybridized carbons (Fsp3) is 0.259. The van der Waals surface area contributed by atoms with Gasteiger partial charge in [-0.15, -0.1) is 0 Å². The number of nitrogens with one attached hydrogen (secondary N) is 1. The molecule has 4 nitrogen and oxygen atoms in total. The van der Waals surface area contributed by atoms with E-state index in [2.05, 4.69) is 99.9 Å². The lowest BCUT2D eigenvalue weighted by Gasteiger charge is -2.26. The molecule has 0 spiro atoms. The van der Waals surface area contributed by atoms with Crippen molar-refractivity contribution in [3.05, 3.63) is 106 Å². The van der Waals surface area contributed by atoms with Crippen LogP contribution in [-0.2, 0) is 0 Å². The number of fused-ring (bicyclic) bond motifs is 1. The summed E-state index contributed by atoms with van der Waals surface area (Å²) in [6, 6.07) is 12.5. The lowest BCUT2D eigenvalue weighted by Crippen LogP contribution is -2.25. The summed E-state index contributed by atoms with van der Waals surface area (Å²) in [5.74, 6) is 0.565. The first-order chi connectivity index (χ1) is 15.4. The van der Waals surface area contributed by atoms with Crippen molar-refractivity contribution in [3.8, 4) is 0 Å². The third-order valence-corrected chi connectivity index (χ3v) is 6.46. The zero-order chi connectivity index (χ0) is 22.7. The second-order valence-corrected chi connectivity index (χ2v) is 9.42. The van der Waals surface area contributed by atoms with Crippen LogP contribution in [0.5, 0.6) is 0 Å². The Bertz CT molecular complexity index is 1130. The average molecular weight is 490 g/mol. The second kappa shape index (κ2) is 9.70. The summed E-state index contributed by atoms with van der Waals surface area (Å²) in [5, 5.41) is 3.04. The molecule has 32 heavy (non-hydrogen) atoms. The van der Waals surface area contributed by atoms with Crippen molar-refractivity contribution in [1.82, 2.24) is 15.2 Å². The molecule has 1 N–H and O–H groups in total. The maximum absolute atomic E-state index is 12.8. The Balaban J connectivity index is 1.61. The van der Waals surface area contributed by atoms with E-state index in [0.29, 0.717) is 17.5 Å². The van der Waals surface area contributed by atoms with Crippen LogP contribution in [0.2, 0.25) is 0 Å². The molecule has 2 aromatic rings. The largest absolute Gasteiger partial charge is 0.327 e. The molecule has 0 aliphatic carbocycles. The minimum atomic E-state index is -0.195. The zero-order valence-electron chi connectivity index (χ0n) is 18.7. The number of aryl methyl sites for hydroxylation is 1.